The highest BCUT2D eigenvalue weighted by Gasteiger charge is 2.20. The number of allylic oxidation sites excluding steroid dienone is 6. The van der Waals surface area contributed by atoms with Gasteiger partial charge in [0.1, 0.15) is 5.82 Å². The standard InChI is InChI=1S/C23H19N3O4/c1-14-8-10-17(26(29)30)13-18(14)22-21(15-6-4-2-3-5-7-15)24-23(25-22)16-9-11-19(27)20(28)12-16/h2-6,8-13,27-28H,7H2,1H3,(H,24,25). The molecule has 4 rings (SSSR count). The first-order valence-electron chi connectivity index (χ1n) is 9.34. The van der Waals surface area contributed by atoms with Gasteiger partial charge < -0.3 is 15.2 Å². The number of nitro benzene ring substituents is 1. The summed E-state index contributed by atoms with van der Waals surface area (Å²) < 4.78 is 0. The van der Waals surface area contributed by atoms with Crippen LogP contribution >= 0.6 is 0 Å². The van der Waals surface area contributed by atoms with Crippen LogP contribution in [-0.2, 0) is 0 Å². The van der Waals surface area contributed by atoms with Gasteiger partial charge in [0, 0.05) is 23.3 Å². The summed E-state index contributed by atoms with van der Waals surface area (Å²) in [6.45, 7) is 1.89. The van der Waals surface area contributed by atoms with Gasteiger partial charge in [-0.3, -0.25) is 10.1 Å². The Kier molecular flexibility index (Phi) is 4.93. The largest absolute Gasteiger partial charge is 0.504 e. The molecule has 0 spiro atoms. The van der Waals surface area contributed by atoms with Crippen molar-refractivity contribution in [2.24, 2.45) is 0 Å². The number of aryl methyl sites for hydroxylation is 1. The summed E-state index contributed by atoms with van der Waals surface area (Å²) in [6, 6.07) is 9.18. The van der Waals surface area contributed by atoms with Gasteiger partial charge >= 0.3 is 0 Å². The van der Waals surface area contributed by atoms with E-state index in [1.165, 1.54) is 24.3 Å². The van der Waals surface area contributed by atoms with Crippen LogP contribution in [0.25, 0.3) is 28.2 Å². The molecule has 0 fully saturated rings. The number of aromatic amines is 1. The fourth-order valence-electron chi connectivity index (χ4n) is 3.35. The van der Waals surface area contributed by atoms with Crippen molar-refractivity contribution in [2.75, 3.05) is 0 Å². The summed E-state index contributed by atoms with van der Waals surface area (Å²) in [7, 11) is 0. The molecule has 1 aliphatic carbocycles. The van der Waals surface area contributed by atoms with Gasteiger partial charge in [-0.25, -0.2) is 4.98 Å². The number of benzene rings is 2. The average Bonchev–Trinajstić information content (AvgIpc) is 2.98. The van der Waals surface area contributed by atoms with Crippen LogP contribution in [0.3, 0.4) is 0 Å². The Morgan fingerprint density at radius 3 is 2.67 bits per heavy atom. The minimum absolute atomic E-state index is 0.00499. The number of rotatable bonds is 4. The molecule has 1 aliphatic rings. The smallest absolute Gasteiger partial charge is 0.270 e. The number of phenolic OH excluding ortho intramolecular Hbond substituents is 2. The zero-order chi connectivity index (χ0) is 21.3. The number of imidazole rings is 1. The molecule has 30 heavy (non-hydrogen) atoms. The van der Waals surface area contributed by atoms with Crippen molar-refractivity contribution in [1.29, 1.82) is 0 Å². The highest BCUT2D eigenvalue weighted by molar-refractivity contribution is 5.83. The molecule has 0 saturated carbocycles. The molecule has 0 amide bonds. The van der Waals surface area contributed by atoms with Gasteiger partial charge in [0.05, 0.1) is 16.3 Å². The number of aromatic nitrogens is 2. The second-order valence-electron chi connectivity index (χ2n) is 6.98. The third-order valence-electron chi connectivity index (χ3n) is 4.95. The van der Waals surface area contributed by atoms with Crippen molar-refractivity contribution >= 4 is 11.3 Å². The van der Waals surface area contributed by atoms with E-state index in [1.54, 1.807) is 12.1 Å². The van der Waals surface area contributed by atoms with Crippen LogP contribution in [0, 0.1) is 17.0 Å². The number of aromatic hydroxyl groups is 2. The predicted molar refractivity (Wildman–Crippen MR) is 115 cm³/mol. The van der Waals surface area contributed by atoms with E-state index in [0.29, 0.717) is 34.8 Å². The van der Waals surface area contributed by atoms with Crippen LogP contribution in [0.4, 0.5) is 5.69 Å². The zero-order valence-electron chi connectivity index (χ0n) is 16.2. The summed E-state index contributed by atoms with van der Waals surface area (Å²) >= 11 is 0. The van der Waals surface area contributed by atoms with Crippen molar-refractivity contribution in [3.8, 4) is 34.1 Å². The number of H-pyrrole nitrogens is 1. The van der Waals surface area contributed by atoms with E-state index in [-0.39, 0.29) is 17.2 Å². The first kappa shape index (κ1) is 19.2. The number of hydrogen-bond donors (Lipinski definition) is 3. The number of non-ortho nitro benzene ring substituents is 1. The highest BCUT2D eigenvalue weighted by atomic mass is 16.6. The topological polar surface area (TPSA) is 112 Å². The van der Waals surface area contributed by atoms with E-state index >= 15 is 0 Å². The van der Waals surface area contributed by atoms with Crippen LogP contribution in [0.15, 0.2) is 66.8 Å². The van der Waals surface area contributed by atoms with Gasteiger partial charge in [0.2, 0.25) is 0 Å². The van der Waals surface area contributed by atoms with Gasteiger partial charge in [-0.2, -0.15) is 0 Å². The second-order valence-corrected chi connectivity index (χ2v) is 6.98. The van der Waals surface area contributed by atoms with E-state index in [4.69, 9.17) is 4.98 Å². The minimum Gasteiger partial charge on any atom is -0.504 e. The zero-order valence-corrected chi connectivity index (χ0v) is 16.2. The minimum atomic E-state index is -0.422. The number of hydrogen-bond acceptors (Lipinski definition) is 5. The third-order valence-corrected chi connectivity index (χ3v) is 4.95. The number of phenols is 2. The van der Waals surface area contributed by atoms with Crippen molar-refractivity contribution < 1.29 is 15.1 Å². The Labute approximate surface area is 172 Å². The molecule has 0 atom stereocenters. The predicted octanol–water partition coefficient (Wildman–Crippen LogP) is 5.27. The Hall–Kier alpha value is -4.13. The van der Waals surface area contributed by atoms with Crippen LogP contribution in [0.2, 0.25) is 0 Å². The Balaban J connectivity index is 1.93. The van der Waals surface area contributed by atoms with Crippen molar-refractivity contribution in [1.82, 2.24) is 9.97 Å². The van der Waals surface area contributed by atoms with Gasteiger partial charge in [-0.15, -0.1) is 0 Å². The molecule has 3 aromatic rings. The summed E-state index contributed by atoms with van der Waals surface area (Å²) in [4.78, 5) is 18.9. The van der Waals surface area contributed by atoms with E-state index < -0.39 is 4.92 Å². The molecular weight excluding hydrogens is 382 g/mol. The Morgan fingerprint density at radius 2 is 1.90 bits per heavy atom. The van der Waals surface area contributed by atoms with Crippen LogP contribution in [0.1, 0.15) is 17.7 Å². The monoisotopic (exact) mass is 401 g/mol. The lowest BCUT2D eigenvalue weighted by atomic mass is 9.99. The molecule has 0 radical (unpaired) electrons. The summed E-state index contributed by atoms with van der Waals surface area (Å²) in [6.07, 6.45) is 10.4. The van der Waals surface area contributed by atoms with Crippen LogP contribution in [-0.4, -0.2) is 25.1 Å². The van der Waals surface area contributed by atoms with E-state index in [2.05, 4.69) is 4.98 Å². The summed E-state index contributed by atoms with van der Waals surface area (Å²) in [5.41, 5.74) is 4.42. The van der Waals surface area contributed by atoms with Gasteiger partial charge in [0.25, 0.3) is 5.69 Å². The number of nitrogens with zero attached hydrogens (tertiary/aromatic N) is 2. The van der Waals surface area contributed by atoms with E-state index in [1.807, 2.05) is 37.3 Å². The van der Waals surface area contributed by atoms with Gasteiger partial charge in [-0.05, 0) is 42.7 Å². The third kappa shape index (κ3) is 3.60. The molecule has 1 heterocycles. The fraction of sp³-hybridized carbons (Fsp3) is 0.0870. The number of nitro groups is 1. The molecule has 0 unspecified atom stereocenters. The van der Waals surface area contributed by atoms with Gasteiger partial charge in [-0.1, -0.05) is 36.4 Å². The summed E-state index contributed by atoms with van der Waals surface area (Å²) in [5, 5.41) is 30.8. The normalized spacial score (nSPS) is 13.2. The van der Waals surface area contributed by atoms with Crippen LogP contribution in [0.5, 0.6) is 11.5 Å². The first-order valence-corrected chi connectivity index (χ1v) is 9.34. The lowest BCUT2D eigenvalue weighted by molar-refractivity contribution is -0.384. The molecule has 0 aliphatic heterocycles. The van der Waals surface area contributed by atoms with E-state index in [9.17, 15) is 20.3 Å². The molecule has 150 valence electrons. The maximum atomic E-state index is 11.3. The number of nitrogens with one attached hydrogen (secondary N) is 1. The van der Waals surface area contributed by atoms with Crippen molar-refractivity contribution in [2.45, 2.75) is 13.3 Å². The fourth-order valence-corrected chi connectivity index (χ4v) is 3.35. The molecule has 3 N–H and O–H groups in total. The van der Waals surface area contributed by atoms with Crippen molar-refractivity contribution in [3.05, 3.63) is 88.2 Å². The summed E-state index contributed by atoms with van der Waals surface area (Å²) in [5.74, 6) is 0.0134. The lowest BCUT2D eigenvalue weighted by Gasteiger charge is -2.08. The van der Waals surface area contributed by atoms with Crippen molar-refractivity contribution in [3.63, 3.8) is 0 Å². The molecule has 0 bridgehead atoms. The molecule has 2 aromatic carbocycles. The molecule has 1 aromatic heterocycles. The average molecular weight is 401 g/mol. The highest BCUT2D eigenvalue weighted by Crippen LogP contribution is 2.37. The molecule has 0 saturated heterocycles. The van der Waals surface area contributed by atoms with Gasteiger partial charge in [0.15, 0.2) is 11.5 Å². The molecular formula is C23H19N3O4. The lowest BCUT2D eigenvalue weighted by Crippen LogP contribution is -1.94. The SMILES string of the molecule is Cc1ccc([N+](=O)[O-])cc1-c1[nH]c(-c2ccc(O)c(O)c2)nc1C1=CC=CC=CC1. The first-order chi connectivity index (χ1) is 14.4. The quantitative estimate of drug-likeness (QED) is 0.313. The van der Waals surface area contributed by atoms with Crippen LogP contribution < -0.4 is 0 Å². The van der Waals surface area contributed by atoms with E-state index in [0.717, 1.165) is 11.1 Å². The maximum absolute atomic E-state index is 11.3. The maximum Gasteiger partial charge on any atom is 0.270 e. The second kappa shape index (κ2) is 7.71. The Bertz CT molecular complexity index is 1240. The Morgan fingerprint density at radius 1 is 1.07 bits per heavy atom. The molecule has 7 heteroatoms. The molecule has 7 nitrogen and oxygen atoms in total.